The van der Waals surface area contributed by atoms with Crippen LogP contribution >= 0.6 is 22.9 Å². The first-order chi connectivity index (χ1) is 18.6. The third-order valence-electron chi connectivity index (χ3n) is 7.69. The average molecular weight is 592 g/mol. The van der Waals surface area contributed by atoms with E-state index in [1.807, 2.05) is 29.6 Å². The molecular weight excluding hydrogens is 562 g/mol. The number of thiophene rings is 1. The van der Waals surface area contributed by atoms with Gasteiger partial charge in [-0.05, 0) is 74.0 Å². The van der Waals surface area contributed by atoms with Gasteiger partial charge in [0.05, 0.1) is 28.7 Å². The van der Waals surface area contributed by atoms with E-state index in [0.717, 1.165) is 30.5 Å². The van der Waals surface area contributed by atoms with E-state index in [9.17, 15) is 18.3 Å². The van der Waals surface area contributed by atoms with Crippen molar-refractivity contribution in [2.24, 2.45) is 11.1 Å². The Morgan fingerprint density at radius 2 is 2.15 bits per heavy atom. The number of halogens is 1. The van der Waals surface area contributed by atoms with Crippen LogP contribution in [0.1, 0.15) is 52.0 Å². The Morgan fingerprint density at radius 3 is 2.87 bits per heavy atom. The van der Waals surface area contributed by atoms with Crippen molar-refractivity contribution in [3.63, 3.8) is 0 Å². The maximum Gasteiger partial charge on any atom is 0.333 e. The van der Waals surface area contributed by atoms with Crippen molar-refractivity contribution in [2.75, 3.05) is 25.5 Å². The van der Waals surface area contributed by atoms with E-state index in [4.69, 9.17) is 16.7 Å². The van der Waals surface area contributed by atoms with Crippen LogP contribution in [0, 0.1) is 5.92 Å². The normalized spacial score (nSPS) is 25.7. The Kier molecular flexibility index (Phi) is 8.07. The van der Waals surface area contributed by atoms with Crippen molar-refractivity contribution in [1.82, 2.24) is 14.9 Å². The summed E-state index contributed by atoms with van der Waals surface area (Å²) in [6.07, 6.45) is 4.76. The zero-order chi connectivity index (χ0) is 27.8. The van der Waals surface area contributed by atoms with Gasteiger partial charge < -0.3 is 10.4 Å². The molecule has 1 saturated carbocycles. The number of aliphatic hydroxyl groups is 1. The van der Waals surface area contributed by atoms with Gasteiger partial charge in [0.15, 0.2) is 0 Å². The molecule has 0 bridgehead atoms. The summed E-state index contributed by atoms with van der Waals surface area (Å²) in [7, 11) is -2.00. The van der Waals surface area contributed by atoms with Gasteiger partial charge in [0.2, 0.25) is 5.78 Å². The number of carbonyl (C=O) groups is 1. The van der Waals surface area contributed by atoms with E-state index in [-0.39, 0.29) is 24.0 Å². The van der Waals surface area contributed by atoms with Gasteiger partial charge in [0.1, 0.15) is 12.1 Å². The fourth-order valence-corrected chi connectivity index (χ4v) is 7.27. The van der Waals surface area contributed by atoms with Crippen molar-refractivity contribution in [2.45, 2.75) is 43.4 Å². The van der Waals surface area contributed by atoms with Gasteiger partial charge in [0.25, 0.3) is 0 Å². The van der Waals surface area contributed by atoms with Crippen LogP contribution in [-0.2, 0) is 20.0 Å². The first kappa shape index (κ1) is 28.1. The first-order valence-electron chi connectivity index (χ1n) is 12.6. The monoisotopic (exact) mass is 591 g/mol. The van der Waals surface area contributed by atoms with Crippen LogP contribution in [0.15, 0.2) is 48.2 Å². The van der Waals surface area contributed by atoms with E-state index >= 15 is 0 Å². The van der Waals surface area contributed by atoms with Gasteiger partial charge in [-0.3, -0.25) is 13.9 Å². The first-order valence-corrected chi connectivity index (χ1v) is 15.3. The number of aliphatic hydroxyl groups excluding tert-OH is 1. The standard InChI is InChI=1S/C26H30ClN5O5S2/c1-32-7-3-6-26(32,17-4-2-5-19(27)9-17)18-10-23(38-14-18)24(34)21-12-29-15-30-25(21)31-20-8-16(22(33)11-20)13-37-39(28,35)36/h2,4-5,9-10,12,14-16,20,22,33H,3,6-8,11,13H2,1H3,(H2,28,35,36)(H,29,30,31)/t16-,20-,22+,26-/m1/s1. The number of ketones is 1. The number of hydrogen-bond acceptors (Lipinski definition) is 10. The summed E-state index contributed by atoms with van der Waals surface area (Å²) in [6, 6.07) is 9.59. The largest absolute Gasteiger partial charge is 0.393 e. The number of nitrogens with zero attached hydrogens (tertiary/aromatic N) is 3. The molecule has 5 rings (SSSR count). The zero-order valence-corrected chi connectivity index (χ0v) is 23.7. The highest BCUT2D eigenvalue weighted by molar-refractivity contribution is 7.84. The second-order valence-electron chi connectivity index (χ2n) is 10.1. The highest BCUT2D eigenvalue weighted by Crippen LogP contribution is 2.45. The van der Waals surface area contributed by atoms with Crippen molar-refractivity contribution in [3.8, 4) is 0 Å². The second kappa shape index (κ2) is 11.2. The van der Waals surface area contributed by atoms with E-state index in [2.05, 4.69) is 37.5 Å². The van der Waals surface area contributed by atoms with Gasteiger partial charge >= 0.3 is 10.3 Å². The fraction of sp³-hybridized carbons (Fsp3) is 0.423. The lowest BCUT2D eigenvalue weighted by molar-refractivity contribution is 0.101. The minimum atomic E-state index is -4.10. The highest BCUT2D eigenvalue weighted by atomic mass is 35.5. The number of rotatable bonds is 9. The molecule has 1 saturated heterocycles. The van der Waals surface area contributed by atoms with Crippen LogP contribution in [0.3, 0.4) is 0 Å². The molecule has 2 aliphatic rings. The summed E-state index contributed by atoms with van der Waals surface area (Å²) in [5, 5.41) is 21.3. The molecule has 13 heteroatoms. The molecule has 1 aliphatic carbocycles. The molecule has 4 N–H and O–H groups in total. The number of nitrogens with one attached hydrogen (secondary N) is 1. The minimum Gasteiger partial charge on any atom is -0.393 e. The van der Waals surface area contributed by atoms with Gasteiger partial charge in [-0.1, -0.05) is 23.7 Å². The Hall–Kier alpha value is -2.45. The lowest BCUT2D eigenvalue weighted by Gasteiger charge is -2.36. The molecule has 3 heterocycles. The molecule has 3 aromatic rings. The molecular formula is C26H30ClN5O5S2. The lowest BCUT2D eigenvalue weighted by atomic mass is 9.82. The van der Waals surface area contributed by atoms with E-state index in [0.29, 0.717) is 34.1 Å². The summed E-state index contributed by atoms with van der Waals surface area (Å²) in [4.78, 5) is 25.0. The van der Waals surface area contributed by atoms with E-state index in [1.54, 1.807) is 0 Å². The van der Waals surface area contributed by atoms with Crippen molar-refractivity contribution < 1.29 is 22.5 Å². The molecule has 0 spiro atoms. The molecule has 0 unspecified atom stereocenters. The van der Waals surface area contributed by atoms with Crippen LogP contribution in [-0.4, -0.2) is 66.5 Å². The number of hydrogen-bond donors (Lipinski definition) is 3. The van der Waals surface area contributed by atoms with E-state index < -0.39 is 22.3 Å². The summed E-state index contributed by atoms with van der Waals surface area (Å²) in [6.45, 7) is 0.719. The van der Waals surface area contributed by atoms with Gasteiger partial charge in [0, 0.05) is 23.2 Å². The summed E-state index contributed by atoms with van der Waals surface area (Å²) < 4.78 is 26.9. The van der Waals surface area contributed by atoms with Crippen LogP contribution in [0.4, 0.5) is 5.82 Å². The predicted octanol–water partition coefficient (Wildman–Crippen LogP) is 3.16. The molecule has 0 amide bonds. The summed E-state index contributed by atoms with van der Waals surface area (Å²) in [5.74, 6) is -0.269. The number of carbonyl (C=O) groups excluding carboxylic acids is 1. The highest BCUT2D eigenvalue weighted by Gasteiger charge is 2.43. The summed E-state index contributed by atoms with van der Waals surface area (Å²) in [5.41, 5.74) is 2.09. The van der Waals surface area contributed by atoms with E-state index in [1.165, 1.54) is 23.9 Å². The topological polar surface area (TPSA) is 148 Å². The molecule has 1 aliphatic heterocycles. The molecule has 2 aromatic heterocycles. The number of aromatic nitrogens is 2. The van der Waals surface area contributed by atoms with Gasteiger partial charge in [-0.15, -0.1) is 11.3 Å². The zero-order valence-electron chi connectivity index (χ0n) is 21.3. The average Bonchev–Trinajstić information content (AvgIpc) is 3.61. The van der Waals surface area contributed by atoms with Crippen LogP contribution in [0.25, 0.3) is 0 Å². The third-order valence-corrected chi connectivity index (χ3v) is 9.32. The Morgan fingerprint density at radius 1 is 1.33 bits per heavy atom. The number of likely N-dealkylation sites (tertiary alicyclic amines) is 1. The van der Waals surface area contributed by atoms with Crippen molar-refractivity contribution in [3.05, 3.63) is 74.8 Å². The molecule has 4 atom stereocenters. The van der Waals surface area contributed by atoms with Gasteiger partial charge in [-0.25, -0.2) is 15.1 Å². The Bertz CT molecular complexity index is 1470. The number of anilines is 1. The lowest BCUT2D eigenvalue weighted by Crippen LogP contribution is -2.39. The Balaban J connectivity index is 1.37. The molecule has 10 nitrogen and oxygen atoms in total. The number of benzene rings is 1. The van der Waals surface area contributed by atoms with Crippen LogP contribution in [0.5, 0.6) is 0 Å². The quantitative estimate of drug-likeness (QED) is 0.319. The molecule has 39 heavy (non-hydrogen) atoms. The Labute approximate surface area is 236 Å². The van der Waals surface area contributed by atoms with Crippen LogP contribution < -0.4 is 10.5 Å². The predicted molar refractivity (Wildman–Crippen MR) is 149 cm³/mol. The smallest absolute Gasteiger partial charge is 0.333 e. The van der Waals surface area contributed by atoms with Gasteiger partial charge in [-0.2, -0.15) is 8.42 Å². The second-order valence-corrected chi connectivity index (χ2v) is 12.7. The van der Waals surface area contributed by atoms with Crippen molar-refractivity contribution in [1.29, 1.82) is 0 Å². The fourth-order valence-electron chi connectivity index (χ4n) is 5.79. The molecule has 2 fully saturated rings. The minimum absolute atomic E-state index is 0.205. The maximum absolute atomic E-state index is 13.7. The SMILES string of the molecule is CN1CCC[C@@]1(c1cccc(Cl)c1)c1csc(C(=O)c2cncnc2N[C@@H]2C[C@H](COS(N)(=O)=O)[C@@H](O)C2)c1. The molecule has 0 radical (unpaired) electrons. The maximum atomic E-state index is 13.7. The number of nitrogens with two attached hydrogens (primary N) is 1. The molecule has 208 valence electrons. The third kappa shape index (κ3) is 5.87. The summed E-state index contributed by atoms with van der Waals surface area (Å²) >= 11 is 7.74. The van der Waals surface area contributed by atoms with Crippen LogP contribution in [0.2, 0.25) is 5.02 Å². The van der Waals surface area contributed by atoms with Crippen molar-refractivity contribution >= 4 is 44.8 Å². The molecule has 1 aromatic carbocycles.